The summed E-state index contributed by atoms with van der Waals surface area (Å²) in [6, 6.07) is 8.34. The Morgan fingerprint density at radius 2 is 1.81 bits per heavy atom. The number of hydrogen-bond acceptors (Lipinski definition) is 2. The van der Waals surface area contributed by atoms with Crippen LogP contribution in [0.5, 0.6) is 0 Å². The third kappa shape index (κ3) is 4.31. The Morgan fingerprint density at radius 3 is 2.38 bits per heavy atom. The molecule has 0 bridgehead atoms. The first kappa shape index (κ1) is 16.0. The van der Waals surface area contributed by atoms with Gasteiger partial charge < -0.3 is 10.4 Å². The molecule has 3 nitrogen and oxygen atoms in total. The number of benzene rings is 1. The molecule has 0 heterocycles. The molecule has 21 heavy (non-hydrogen) atoms. The number of carbonyl (C=O) groups excluding carboxylic acids is 1. The standard InChI is InChI=1S/C18H27NO2/c1-14-6-8-15(9-7-14)17(2,3)12-16(20)19-13-18(21)10-4-5-11-18/h6-9,21H,4-5,10-13H2,1-3H3,(H,19,20). The molecule has 0 radical (unpaired) electrons. The largest absolute Gasteiger partial charge is 0.388 e. The zero-order valence-corrected chi connectivity index (χ0v) is 13.4. The first-order chi connectivity index (χ1) is 9.81. The first-order valence-electron chi connectivity index (χ1n) is 7.87. The number of nitrogens with one attached hydrogen (secondary N) is 1. The molecule has 1 aliphatic carbocycles. The minimum absolute atomic E-state index is 0.0147. The molecule has 3 heteroatoms. The van der Waals surface area contributed by atoms with E-state index in [0.717, 1.165) is 25.7 Å². The van der Waals surface area contributed by atoms with Crippen LogP contribution in [0.2, 0.25) is 0 Å². The normalized spacial score (nSPS) is 17.7. The predicted octanol–water partition coefficient (Wildman–Crippen LogP) is 3.08. The molecule has 116 valence electrons. The van der Waals surface area contributed by atoms with Gasteiger partial charge in [0.15, 0.2) is 0 Å². The van der Waals surface area contributed by atoms with Gasteiger partial charge in [0.1, 0.15) is 0 Å². The molecule has 1 fully saturated rings. The van der Waals surface area contributed by atoms with Crippen molar-refractivity contribution in [2.24, 2.45) is 0 Å². The Labute approximate surface area is 127 Å². The summed E-state index contributed by atoms with van der Waals surface area (Å²) in [7, 11) is 0. The highest BCUT2D eigenvalue weighted by molar-refractivity contribution is 5.77. The second kappa shape index (κ2) is 6.18. The van der Waals surface area contributed by atoms with E-state index in [0.29, 0.717) is 13.0 Å². The summed E-state index contributed by atoms with van der Waals surface area (Å²) in [5.74, 6) is 0.0147. The molecule has 1 amide bonds. The smallest absolute Gasteiger partial charge is 0.220 e. The molecule has 0 unspecified atom stereocenters. The second-order valence-electron chi connectivity index (χ2n) is 7.13. The lowest BCUT2D eigenvalue weighted by atomic mass is 9.81. The summed E-state index contributed by atoms with van der Waals surface area (Å²) in [5.41, 5.74) is 1.52. The first-order valence-corrected chi connectivity index (χ1v) is 7.87. The zero-order chi connectivity index (χ0) is 15.5. The number of aliphatic hydroxyl groups is 1. The SMILES string of the molecule is Cc1ccc(C(C)(C)CC(=O)NCC2(O)CCCC2)cc1. The van der Waals surface area contributed by atoms with Crippen molar-refractivity contribution in [2.75, 3.05) is 6.54 Å². The van der Waals surface area contributed by atoms with Gasteiger partial charge in [-0.3, -0.25) is 4.79 Å². The van der Waals surface area contributed by atoms with Gasteiger partial charge in [-0.25, -0.2) is 0 Å². The van der Waals surface area contributed by atoms with Crippen LogP contribution in [-0.4, -0.2) is 23.2 Å². The van der Waals surface area contributed by atoms with E-state index in [4.69, 9.17) is 0 Å². The van der Waals surface area contributed by atoms with E-state index < -0.39 is 5.60 Å². The van der Waals surface area contributed by atoms with Crippen molar-refractivity contribution in [3.05, 3.63) is 35.4 Å². The summed E-state index contributed by atoms with van der Waals surface area (Å²) in [5, 5.41) is 13.2. The van der Waals surface area contributed by atoms with Gasteiger partial charge in [-0.2, -0.15) is 0 Å². The van der Waals surface area contributed by atoms with E-state index in [-0.39, 0.29) is 11.3 Å². The van der Waals surface area contributed by atoms with Crippen LogP contribution in [0.1, 0.15) is 57.1 Å². The van der Waals surface area contributed by atoms with Gasteiger partial charge in [0, 0.05) is 13.0 Å². The molecule has 0 saturated heterocycles. The monoisotopic (exact) mass is 289 g/mol. The Bertz CT molecular complexity index is 484. The van der Waals surface area contributed by atoms with Crippen LogP contribution in [0.25, 0.3) is 0 Å². The van der Waals surface area contributed by atoms with E-state index in [9.17, 15) is 9.90 Å². The molecular formula is C18H27NO2. The number of carbonyl (C=O) groups is 1. The fourth-order valence-electron chi connectivity index (χ4n) is 3.04. The lowest BCUT2D eigenvalue weighted by Gasteiger charge is -2.27. The van der Waals surface area contributed by atoms with Crippen LogP contribution in [0.3, 0.4) is 0 Å². The molecule has 0 atom stereocenters. The number of amides is 1. The molecule has 2 N–H and O–H groups in total. The molecule has 0 aliphatic heterocycles. The topological polar surface area (TPSA) is 49.3 Å². The van der Waals surface area contributed by atoms with Crippen molar-refractivity contribution >= 4 is 5.91 Å². The Kier molecular flexibility index (Phi) is 4.72. The maximum Gasteiger partial charge on any atom is 0.220 e. The minimum Gasteiger partial charge on any atom is -0.388 e. The number of hydrogen-bond donors (Lipinski definition) is 2. The van der Waals surface area contributed by atoms with Crippen LogP contribution in [0, 0.1) is 6.92 Å². The molecule has 2 rings (SSSR count). The van der Waals surface area contributed by atoms with Gasteiger partial charge >= 0.3 is 0 Å². The molecule has 1 aromatic carbocycles. The van der Waals surface area contributed by atoms with E-state index in [1.54, 1.807) is 0 Å². The maximum atomic E-state index is 12.2. The average Bonchev–Trinajstić information content (AvgIpc) is 2.84. The average molecular weight is 289 g/mol. The number of rotatable bonds is 5. The van der Waals surface area contributed by atoms with Gasteiger partial charge in [-0.15, -0.1) is 0 Å². The van der Waals surface area contributed by atoms with Crippen LogP contribution in [-0.2, 0) is 10.2 Å². The summed E-state index contributed by atoms with van der Waals surface area (Å²) in [6.45, 7) is 6.62. The van der Waals surface area contributed by atoms with Gasteiger partial charge in [-0.05, 0) is 30.7 Å². The molecular weight excluding hydrogens is 262 g/mol. The summed E-state index contributed by atoms with van der Waals surface area (Å²) >= 11 is 0. The summed E-state index contributed by atoms with van der Waals surface area (Å²) in [4.78, 5) is 12.2. The van der Waals surface area contributed by atoms with Crippen molar-refractivity contribution in [1.82, 2.24) is 5.32 Å². The zero-order valence-electron chi connectivity index (χ0n) is 13.4. The highest BCUT2D eigenvalue weighted by Crippen LogP contribution is 2.29. The van der Waals surface area contributed by atoms with Crippen molar-refractivity contribution in [1.29, 1.82) is 0 Å². The van der Waals surface area contributed by atoms with Crippen molar-refractivity contribution in [3.8, 4) is 0 Å². The Hall–Kier alpha value is -1.35. The third-order valence-electron chi connectivity index (χ3n) is 4.58. The minimum atomic E-state index is -0.677. The fourth-order valence-corrected chi connectivity index (χ4v) is 3.04. The van der Waals surface area contributed by atoms with E-state index in [1.165, 1.54) is 11.1 Å². The fraction of sp³-hybridized carbons (Fsp3) is 0.611. The van der Waals surface area contributed by atoms with Crippen molar-refractivity contribution < 1.29 is 9.90 Å². The second-order valence-corrected chi connectivity index (χ2v) is 7.13. The molecule has 0 aromatic heterocycles. The van der Waals surface area contributed by atoms with Gasteiger partial charge in [0.25, 0.3) is 0 Å². The van der Waals surface area contributed by atoms with Gasteiger partial charge in [0.05, 0.1) is 5.60 Å². The molecule has 0 spiro atoms. The summed E-state index contributed by atoms with van der Waals surface area (Å²) in [6.07, 6.45) is 4.15. The summed E-state index contributed by atoms with van der Waals surface area (Å²) < 4.78 is 0. The molecule has 1 aliphatic rings. The van der Waals surface area contributed by atoms with E-state index >= 15 is 0 Å². The van der Waals surface area contributed by atoms with Crippen LogP contribution >= 0.6 is 0 Å². The predicted molar refractivity (Wildman–Crippen MR) is 85.2 cm³/mol. The highest BCUT2D eigenvalue weighted by Gasteiger charge is 2.32. The quantitative estimate of drug-likeness (QED) is 0.875. The lowest BCUT2D eigenvalue weighted by Crippen LogP contribution is -2.42. The number of aryl methyl sites for hydroxylation is 1. The van der Waals surface area contributed by atoms with Crippen LogP contribution in [0.4, 0.5) is 0 Å². The maximum absolute atomic E-state index is 12.2. The van der Waals surface area contributed by atoms with Crippen molar-refractivity contribution in [2.45, 2.75) is 63.9 Å². The van der Waals surface area contributed by atoms with E-state index in [1.807, 2.05) is 0 Å². The molecule has 1 aromatic rings. The Morgan fingerprint density at radius 1 is 1.24 bits per heavy atom. The highest BCUT2D eigenvalue weighted by atomic mass is 16.3. The van der Waals surface area contributed by atoms with Gasteiger partial charge in [0.2, 0.25) is 5.91 Å². The third-order valence-corrected chi connectivity index (χ3v) is 4.58. The van der Waals surface area contributed by atoms with E-state index in [2.05, 4.69) is 50.4 Å². The Balaban J connectivity index is 1.90. The van der Waals surface area contributed by atoms with Crippen LogP contribution < -0.4 is 5.32 Å². The van der Waals surface area contributed by atoms with Crippen molar-refractivity contribution in [3.63, 3.8) is 0 Å². The van der Waals surface area contributed by atoms with Gasteiger partial charge in [-0.1, -0.05) is 56.5 Å². The van der Waals surface area contributed by atoms with Crippen LogP contribution in [0.15, 0.2) is 24.3 Å². The molecule has 1 saturated carbocycles. The lowest BCUT2D eigenvalue weighted by molar-refractivity contribution is -0.123.